The highest BCUT2D eigenvalue weighted by Gasteiger charge is 2.07. The molecule has 0 bridgehead atoms. The lowest BCUT2D eigenvalue weighted by atomic mass is 10.2. The maximum Gasteiger partial charge on any atom is 0.225 e. The van der Waals surface area contributed by atoms with Crippen LogP contribution in [0.2, 0.25) is 0 Å². The molecule has 0 radical (unpaired) electrons. The van der Waals surface area contributed by atoms with Crippen molar-refractivity contribution in [2.24, 2.45) is 0 Å². The van der Waals surface area contributed by atoms with Crippen LogP contribution in [-0.4, -0.2) is 15.9 Å². The van der Waals surface area contributed by atoms with E-state index >= 15 is 0 Å². The number of carbonyl (C=O) groups excluding carboxylic acids is 1. The van der Waals surface area contributed by atoms with Gasteiger partial charge in [-0.15, -0.1) is 0 Å². The van der Waals surface area contributed by atoms with Gasteiger partial charge in [0.2, 0.25) is 5.91 Å². The summed E-state index contributed by atoms with van der Waals surface area (Å²) in [6.07, 6.45) is 0.271. The summed E-state index contributed by atoms with van der Waals surface area (Å²) in [6, 6.07) is 17.3. The highest BCUT2D eigenvalue weighted by atomic mass is 32.2. The molecular weight excluding hydrogens is 282 g/mol. The second-order valence-corrected chi connectivity index (χ2v) is 6.52. The molecule has 0 aliphatic heterocycles. The summed E-state index contributed by atoms with van der Waals surface area (Å²) in [4.78, 5) is 11.8. The van der Waals surface area contributed by atoms with Crippen molar-refractivity contribution in [1.82, 2.24) is 0 Å². The van der Waals surface area contributed by atoms with E-state index in [2.05, 4.69) is 5.32 Å². The van der Waals surface area contributed by atoms with Crippen molar-refractivity contribution in [2.45, 2.75) is 19.1 Å². The number of rotatable bonds is 6. The van der Waals surface area contributed by atoms with Crippen molar-refractivity contribution in [1.29, 1.82) is 0 Å². The first-order valence-corrected chi connectivity index (χ1v) is 8.38. The van der Waals surface area contributed by atoms with Gasteiger partial charge in [-0.25, -0.2) is 0 Å². The van der Waals surface area contributed by atoms with Crippen LogP contribution in [0.3, 0.4) is 0 Å². The van der Waals surface area contributed by atoms with E-state index in [1.165, 1.54) is 0 Å². The molecule has 2 rings (SSSR count). The monoisotopic (exact) mass is 301 g/mol. The van der Waals surface area contributed by atoms with Crippen LogP contribution in [0.1, 0.15) is 17.5 Å². The minimum absolute atomic E-state index is 0.0983. The predicted molar refractivity (Wildman–Crippen MR) is 87.6 cm³/mol. The third-order valence-electron chi connectivity index (χ3n) is 3.02. The number of para-hydroxylation sites is 1. The third kappa shape index (κ3) is 5.52. The number of nitrogens with one attached hydrogen (secondary N) is 1. The maximum absolute atomic E-state index is 12.0. The Labute approximate surface area is 127 Å². The van der Waals surface area contributed by atoms with Gasteiger partial charge in [0, 0.05) is 34.4 Å². The fourth-order valence-electron chi connectivity index (χ4n) is 2.01. The Bertz CT molecular complexity index is 626. The summed E-state index contributed by atoms with van der Waals surface area (Å²) in [6.45, 7) is 2.01. The Kier molecular flexibility index (Phi) is 5.69. The number of benzene rings is 2. The SMILES string of the molecule is Cc1cccc(C[S@](=O)CCC(=O)Nc2ccccc2)c1. The van der Waals surface area contributed by atoms with Crippen molar-refractivity contribution in [3.05, 3.63) is 65.7 Å². The van der Waals surface area contributed by atoms with Crippen molar-refractivity contribution >= 4 is 22.4 Å². The second-order valence-electron chi connectivity index (χ2n) is 4.94. The van der Waals surface area contributed by atoms with Gasteiger partial charge in [0.25, 0.3) is 0 Å². The zero-order valence-electron chi connectivity index (χ0n) is 12.0. The Morgan fingerprint density at radius 2 is 1.86 bits per heavy atom. The number of hydrogen-bond acceptors (Lipinski definition) is 2. The molecule has 1 amide bonds. The fraction of sp³-hybridized carbons (Fsp3) is 0.235. The van der Waals surface area contributed by atoms with Crippen molar-refractivity contribution in [3.63, 3.8) is 0 Å². The molecule has 1 atom stereocenters. The van der Waals surface area contributed by atoms with E-state index in [0.717, 1.165) is 16.8 Å². The zero-order chi connectivity index (χ0) is 15.1. The summed E-state index contributed by atoms with van der Waals surface area (Å²) in [5, 5.41) is 2.80. The summed E-state index contributed by atoms with van der Waals surface area (Å²) in [5.41, 5.74) is 2.98. The Morgan fingerprint density at radius 1 is 1.10 bits per heavy atom. The number of anilines is 1. The van der Waals surface area contributed by atoms with Crippen molar-refractivity contribution in [3.8, 4) is 0 Å². The minimum atomic E-state index is -1.02. The van der Waals surface area contributed by atoms with Gasteiger partial charge in [-0.05, 0) is 24.6 Å². The maximum atomic E-state index is 12.0. The van der Waals surface area contributed by atoms with Gasteiger partial charge in [0.1, 0.15) is 0 Å². The molecule has 0 aliphatic carbocycles. The first kappa shape index (κ1) is 15.4. The summed E-state index contributed by atoms with van der Waals surface area (Å²) in [5.74, 6) is 0.784. The lowest BCUT2D eigenvalue weighted by Gasteiger charge is -2.06. The molecule has 0 spiro atoms. The molecule has 0 saturated carbocycles. The van der Waals surface area contributed by atoms with Gasteiger partial charge < -0.3 is 5.32 Å². The molecule has 2 aromatic carbocycles. The summed E-state index contributed by atoms with van der Waals surface area (Å²) < 4.78 is 12.0. The highest BCUT2D eigenvalue weighted by Crippen LogP contribution is 2.09. The molecule has 4 heteroatoms. The first-order chi connectivity index (χ1) is 10.1. The van der Waals surface area contributed by atoms with E-state index in [9.17, 15) is 9.00 Å². The number of hydrogen-bond donors (Lipinski definition) is 1. The molecule has 110 valence electrons. The third-order valence-corrected chi connectivity index (χ3v) is 4.34. The fourth-order valence-corrected chi connectivity index (χ4v) is 3.12. The number of amides is 1. The van der Waals surface area contributed by atoms with Crippen LogP contribution in [-0.2, 0) is 21.3 Å². The Hall–Kier alpha value is -1.94. The largest absolute Gasteiger partial charge is 0.326 e. The van der Waals surface area contributed by atoms with Gasteiger partial charge in [0.15, 0.2) is 0 Å². The number of carbonyl (C=O) groups is 1. The van der Waals surface area contributed by atoms with Crippen LogP contribution in [0.25, 0.3) is 0 Å². The summed E-state index contributed by atoms with van der Waals surface area (Å²) >= 11 is 0. The smallest absolute Gasteiger partial charge is 0.225 e. The zero-order valence-corrected chi connectivity index (χ0v) is 12.9. The second kappa shape index (κ2) is 7.74. The Balaban J connectivity index is 1.77. The predicted octanol–water partition coefficient (Wildman–Crippen LogP) is 3.27. The molecule has 0 fully saturated rings. The van der Waals surface area contributed by atoms with Crippen LogP contribution < -0.4 is 5.32 Å². The van der Waals surface area contributed by atoms with Crippen molar-refractivity contribution in [2.75, 3.05) is 11.1 Å². The molecule has 0 saturated heterocycles. The van der Waals surface area contributed by atoms with E-state index in [0.29, 0.717) is 11.5 Å². The molecule has 0 aliphatic rings. The molecule has 1 N–H and O–H groups in total. The molecule has 0 heterocycles. The lowest BCUT2D eigenvalue weighted by molar-refractivity contribution is -0.115. The topological polar surface area (TPSA) is 46.2 Å². The molecule has 21 heavy (non-hydrogen) atoms. The van der Waals surface area contributed by atoms with Crippen LogP contribution in [0.15, 0.2) is 54.6 Å². The minimum Gasteiger partial charge on any atom is -0.326 e. The van der Waals surface area contributed by atoms with Crippen LogP contribution in [0.4, 0.5) is 5.69 Å². The van der Waals surface area contributed by atoms with Gasteiger partial charge in [-0.1, -0.05) is 48.0 Å². The van der Waals surface area contributed by atoms with Crippen LogP contribution in [0.5, 0.6) is 0 Å². The summed E-state index contributed by atoms with van der Waals surface area (Å²) in [7, 11) is -1.02. The lowest BCUT2D eigenvalue weighted by Crippen LogP contribution is -2.15. The van der Waals surface area contributed by atoms with Gasteiger partial charge in [0.05, 0.1) is 0 Å². The van der Waals surface area contributed by atoms with Crippen LogP contribution in [0, 0.1) is 6.92 Å². The van der Waals surface area contributed by atoms with E-state index in [1.54, 1.807) is 0 Å². The Morgan fingerprint density at radius 3 is 2.57 bits per heavy atom. The standard InChI is InChI=1S/C17H19NO2S/c1-14-6-5-7-15(12-14)13-21(20)11-10-17(19)18-16-8-3-2-4-9-16/h2-9,12H,10-11,13H2,1H3,(H,18,19)/t21-/m1/s1. The average Bonchev–Trinajstić information content (AvgIpc) is 2.46. The van der Waals surface area contributed by atoms with Gasteiger partial charge in [-0.2, -0.15) is 0 Å². The average molecular weight is 301 g/mol. The van der Waals surface area contributed by atoms with Gasteiger partial charge >= 0.3 is 0 Å². The molecule has 3 nitrogen and oxygen atoms in total. The normalized spacial score (nSPS) is 11.9. The first-order valence-electron chi connectivity index (χ1n) is 6.89. The highest BCUT2D eigenvalue weighted by molar-refractivity contribution is 7.84. The van der Waals surface area contributed by atoms with Gasteiger partial charge in [-0.3, -0.25) is 9.00 Å². The van der Waals surface area contributed by atoms with E-state index < -0.39 is 10.8 Å². The van der Waals surface area contributed by atoms with E-state index in [1.807, 2.05) is 61.5 Å². The molecule has 0 aromatic heterocycles. The van der Waals surface area contributed by atoms with E-state index in [4.69, 9.17) is 0 Å². The quantitative estimate of drug-likeness (QED) is 0.890. The molecular formula is C17H19NO2S. The van der Waals surface area contributed by atoms with E-state index in [-0.39, 0.29) is 12.3 Å². The number of aryl methyl sites for hydroxylation is 1. The molecule has 2 aromatic rings. The van der Waals surface area contributed by atoms with Crippen LogP contribution >= 0.6 is 0 Å². The molecule has 0 unspecified atom stereocenters. The van der Waals surface area contributed by atoms with Crippen molar-refractivity contribution < 1.29 is 9.00 Å².